The molecule has 0 saturated heterocycles. The Morgan fingerprint density at radius 2 is 1.92 bits per heavy atom. The number of rotatable bonds is 2. The van der Waals surface area contributed by atoms with Crippen LogP contribution in [0.1, 0.15) is 47.0 Å². The van der Waals surface area contributed by atoms with Gasteiger partial charge < -0.3 is 0 Å². The van der Waals surface area contributed by atoms with Gasteiger partial charge in [0.25, 0.3) is 0 Å². The summed E-state index contributed by atoms with van der Waals surface area (Å²) in [7, 11) is 0. The lowest BCUT2D eigenvalue weighted by molar-refractivity contribution is 0.646. The molecule has 1 atom stereocenters. The molecular formula is C12H22. The minimum Gasteiger partial charge on any atom is -0.0805 e. The predicted molar refractivity (Wildman–Crippen MR) is 57.3 cm³/mol. The van der Waals surface area contributed by atoms with Crippen molar-refractivity contribution in [3.8, 4) is 0 Å². The van der Waals surface area contributed by atoms with Gasteiger partial charge in [0.1, 0.15) is 0 Å². The molecule has 0 heteroatoms. The van der Waals surface area contributed by atoms with Crippen LogP contribution < -0.4 is 0 Å². The largest absolute Gasteiger partial charge is 0.0805 e. The Hall–Kier alpha value is -0.520. The molecule has 0 amide bonds. The number of hydrogen-bond acceptors (Lipinski definition) is 0. The molecule has 0 fully saturated rings. The molecule has 0 aromatic carbocycles. The zero-order chi connectivity index (χ0) is 9.40. The van der Waals surface area contributed by atoms with Crippen molar-refractivity contribution in [1.29, 1.82) is 0 Å². The Morgan fingerprint density at radius 1 is 1.33 bits per heavy atom. The SMILES string of the molecule is CCC.CCC(C)C1=CC=CC1. The van der Waals surface area contributed by atoms with Crippen LogP contribution >= 0.6 is 0 Å². The van der Waals surface area contributed by atoms with E-state index in [0.29, 0.717) is 0 Å². The van der Waals surface area contributed by atoms with Crippen molar-refractivity contribution < 1.29 is 0 Å². The maximum atomic E-state index is 2.29. The summed E-state index contributed by atoms with van der Waals surface area (Å²) in [5.74, 6) is 0.792. The van der Waals surface area contributed by atoms with E-state index in [1.807, 2.05) is 0 Å². The fraction of sp³-hybridized carbons (Fsp3) is 0.667. The molecule has 1 aliphatic carbocycles. The molecule has 1 rings (SSSR count). The van der Waals surface area contributed by atoms with Crippen molar-refractivity contribution in [3.05, 3.63) is 23.8 Å². The van der Waals surface area contributed by atoms with Gasteiger partial charge in [-0.1, -0.05) is 57.9 Å². The van der Waals surface area contributed by atoms with Crippen LogP contribution in [0.2, 0.25) is 0 Å². The van der Waals surface area contributed by atoms with Crippen molar-refractivity contribution in [2.24, 2.45) is 5.92 Å². The molecule has 0 saturated carbocycles. The summed E-state index contributed by atoms with van der Waals surface area (Å²) in [6.45, 7) is 8.78. The van der Waals surface area contributed by atoms with Gasteiger partial charge in [0.2, 0.25) is 0 Å². The molecular weight excluding hydrogens is 144 g/mol. The highest BCUT2D eigenvalue weighted by atomic mass is 14.1. The van der Waals surface area contributed by atoms with Gasteiger partial charge in [-0.25, -0.2) is 0 Å². The van der Waals surface area contributed by atoms with Crippen LogP contribution in [-0.2, 0) is 0 Å². The van der Waals surface area contributed by atoms with Crippen LogP contribution in [0, 0.1) is 5.92 Å². The highest BCUT2D eigenvalue weighted by Gasteiger charge is 2.05. The van der Waals surface area contributed by atoms with E-state index in [1.165, 1.54) is 19.3 Å². The minimum absolute atomic E-state index is 0.792. The summed E-state index contributed by atoms with van der Waals surface area (Å²) in [5.41, 5.74) is 1.59. The Bertz CT molecular complexity index is 151. The topological polar surface area (TPSA) is 0 Å². The lowest BCUT2D eigenvalue weighted by Crippen LogP contribution is -1.93. The minimum atomic E-state index is 0.792. The average molecular weight is 166 g/mol. The van der Waals surface area contributed by atoms with Crippen molar-refractivity contribution in [3.63, 3.8) is 0 Å². The summed E-state index contributed by atoms with van der Waals surface area (Å²) < 4.78 is 0. The summed E-state index contributed by atoms with van der Waals surface area (Å²) in [6, 6.07) is 0. The first-order valence-electron chi connectivity index (χ1n) is 5.11. The van der Waals surface area contributed by atoms with Gasteiger partial charge in [0, 0.05) is 0 Å². The monoisotopic (exact) mass is 166 g/mol. The highest BCUT2D eigenvalue weighted by Crippen LogP contribution is 2.21. The van der Waals surface area contributed by atoms with Gasteiger partial charge in [-0.3, -0.25) is 0 Å². The Balaban J connectivity index is 0.000000354. The van der Waals surface area contributed by atoms with E-state index in [9.17, 15) is 0 Å². The molecule has 12 heavy (non-hydrogen) atoms. The smallest absolute Gasteiger partial charge is 0.0130 e. The van der Waals surface area contributed by atoms with Gasteiger partial charge in [-0.15, -0.1) is 0 Å². The summed E-state index contributed by atoms with van der Waals surface area (Å²) in [5, 5.41) is 0. The Kier molecular flexibility index (Phi) is 6.84. The van der Waals surface area contributed by atoms with E-state index >= 15 is 0 Å². The summed E-state index contributed by atoms with van der Waals surface area (Å²) in [4.78, 5) is 0. The van der Waals surface area contributed by atoms with Crippen molar-refractivity contribution >= 4 is 0 Å². The van der Waals surface area contributed by atoms with Crippen LogP contribution in [-0.4, -0.2) is 0 Å². The summed E-state index contributed by atoms with van der Waals surface area (Å²) in [6.07, 6.45) is 10.3. The van der Waals surface area contributed by atoms with Gasteiger partial charge in [0.05, 0.1) is 0 Å². The zero-order valence-electron chi connectivity index (χ0n) is 8.93. The van der Waals surface area contributed by atoms with E-state index in [1.54, 1.807) is 5.57 Å². The molecule has 1 aliphatic rings. The van der Waals surface area contributed by atoms with E-state index in [0.717, 1.165) is 5.92 Å². The number of hydrogen-bond donors (Lipinski definition) is 0. The zero-order valence-corrected chi connectivity index (χ0v) is 8.93. The third kappa shape index (κ3) is 4.38. The van der Waals surface area contributed by atoms with Gasteiger partial charge in [0.15, 0.2) is 0 Å². The Labute approximate surface area is 77.4 Å². The fourth-order valence-electron chi connectivity index (χ4n) is 1.09. The molecule has 0 spiro atoms. The maximum absolute atomic E-state index is 2.29. The lowest BCUT2D eigenvalue weighted by atomic mass is 9.98. The van der Waals surface area contributed by atoms with Crippen LogP contribution in [0.4, 0.5) is 0 Å². The van der Waals surface area contributed by atoms with Crippen LogP contribution in [0.5, 0.6) is 0 Å². The van der Waals surface area contributed by atoms with Crippen molar-refractivity contribution in [2.45, 2.75) is 47.0 Å². The van der Waals surface area contributed by atoms with E-state index in [2.05, 4.69) is 45.9 Å². The first-order valence-corrected chi connectivity index (χ1v) is 5.11. The number of allylic oxidation sites excluding steroid dienone is 4. The molecule has 0 aromatic rings. The lowest BCUT2D eigenvalue weighted by Gasteiger charge is -2.07. The normalized spacial score (nSPS) is 16.5. The second-order valence-electron chi connectivity index (χ2n) is 3.39. The van der Waals surface area contributed by atoms with E-state index in [-0.39, 0.29) is 0 Å². The molecule has 0 N–H and O–H groups in total. The predicted octanol–water partition coefficient (Wildman–Crippen LogP) is 4.34. The third-order valence-electron chi connectivity index (χ3n) is 2.05. The van der Waals surface area contributed by atoms with E-state index < -0.39 is 0 Å². The molecule has 0 heterocycles. The van der Waals surface area contributed by atoms with E-state index in [4.69, 9.17) is 0 Å². The first kappa shape index (κ1) is 11.5. The molecule has 0 aromatic heterocycles. The molecule has 0 aliphatic heterocycles. The molecule has 0 nitrogen and oxygen atoms in total. The van der Waals surface area contributed by atoms with Crippen LogP contribution in [0.25, 0.3) is 0 Å². The van der Waals surface area contributed by atoms with Crippen LogP contribution in [0.15, 0.2) is 23.8 Å². The van der Waals surface area contributed by atoms with Gasteiger partial charge in [-0.05, 0) is 18.8 Å². The van der Waals surface area contributed by atoms with Gasteiger partial charge >= 0.3 is 0 Å². The van der Waals surface area contributed by atoms with Gasteiger partial charge in [-0.2, -0.15) is 0 Å². The standard InChI is InChI=1S/C9H14.C3H8/c1-3-8(2)9-6-4-5-7-9;1-3-2/h4-6,8H,3,7H2,1-2H3;3H2,1-2H3. The molecule has 1 unspecified atom stereocenters. The van der Waals surface area contributed by atoms with Crippen molar-refractivity contribution in [1.82, 2.24) is 0 Å². The molecule has 0 radical (unpaired) electrons. The quantitative estimate of drug-likeness (QED) is 0.572. The third-order valence-corrected chi connectivity index (χ3v) is 2.05. The Morgan fingerprint density at radius 3 is 2.25 bits per heavy atom. The van der Waals surface area contributed by atoms with Crippen molar-refractivity contribution in [2.75, 3.05) is 0 Å². The summed E-state index contributed by atoms with van der Waals surface area (Å²) >= 11 is 0. The fourth-order valence-corrected chi connectivity index (χ4v) is 1.09. The highest BCUT2D eigenvalue weighted by molar-refractivity contribution is 5.24. The average Bonchev–Trinajstić information content (AvgIpc) is 2.56. The first-order chi connectivity index (χ1) is 5.76. The second-order valence-corrected chi connectivity index (χ2v) is 3.39. The van der Waals surface area contributed by atoms with Crippen LogP contribution in [0.3, 0.4) is 0 Å². The maximum Gasteiger partial charge on any atom is -0.0130 e. The molecule has 70 valence electrons. The molecule has 0 bridgehead atoms. The second kappa shape index (κ2) is 7.15.